The molecular formula is C19H20BrN3O4S. The van der Waals surface area contributed by atoms with Crippen molar-refractivity contribution >= 4 is 49.1 Å². The second kappa shape index (κ2) is 8.02. The van der Waals surface area contributed by atoms with Gasteiger partial charge < -0.3 is 10.2 Å². The number of primary sulfonamides is 1. The number of hydrogen-bond acceptors (Lipinski definition) is 4. The predicted octanol–water partition coefficient (Wildman–Crippen LogP) is 2.65. The number of carbonyl (C=O) groups is 2. The SMILES string of the molecule is CCc1ccc(NC(=O)C2CCN(c3ccccc3Br)C2=O)cc1S(N)(=O)=O. The first-order valence-electron chi connectivity index (χ1n) is 8.75. The van der Waals surface area contributed by atoms with Crippen LogP contribution in [0.2, 0.25) is 0 Å². The summed E-state index contributed by atoms with van der Waals surface area (Å²) in [6.07, 6.45) is 0.864. The van der Waals surface area contributed by atoms with Crippen molar-refractivity contribution in [1.29, 1.82) is 0 Å². The van der Waals surface area contributed by atoms with Crippen LogP contribution >= 0.6 is 15.9 Å². The maximum absolute atomic E-state index is 12.7. The lowest BCUT2D eigenvalue weighted by Gasteiger charge is -2.18. The van der Waals surface area contributed by atoms with Crippen molar-refractivity contribution in [1.82, 2.24) is 0 Å². The molecule has 0 radical (unpaired) electrons. The smallest absolute Gasteiger partial charge is 0.239 e. The highest BCUT2D eigenvalue weighted by Gasteiger charge is 2.38. The van der Waals surface area contributed by atoms with Gasteiger partial charge in [0.2, 0.25) is 21.8 Å². The lowest BCUT2D eigenvalue weighted by molar-refractivity contribution is -0.129. The van der Waals surface area contributed by atoms with Gasteiger partial charge in [-0.3, -0.25) is 9.59 Å². The van der Waals surface area contributed by atoms with Gasteiger partial charge in [-0.15, -0.1) is 0 Å². The largest absolute Gasteiger partial charge is 0.325 e. The van der Waals surface area contributed by atoms with E-state index in [1.165, 1.54) is 6.07 Å². The van der Waals surface area contributed by atoms with Gasteiger partial charge in [0.1, 0.15) is 5.92 Å². The molecule has 0 saturated carbocycles. The molecule has 1 saturated heterocycles. The summed E-state index contributed by atoms with van der Waals surface area (Å²) < 4.78 is 24.4. The van der Waals surface area contributed by atoms with Crippen molar-refractivity contribution in [3.05, 3.63) is 52.5 Å². The van der Waals surface area contributed by atoms with E-state index in [0.717, 1.165) is 4.47 Å². The van der Waals surface area contributed by atoms with E-state index in [1.54, 1.807) is 17.0 Å². The first-order valence-corrected chi connectivity index (χ1v) is 11.1. The van der Waals surface area contributed by atoms with Gasteiger partial charge in [-0.05, 0) is 58.6 Å². The van der Waals surface area contributed by atoms with Gasteiger partial charge in [0.25, 0.3) is 0 Å². The average Bonchev–Trinajstić information content (AvgIpc) is 3.03. The average molecular weight is 466 g/mol. The molecule has 2 aromatic rings. The van der Waals surface area contributed by atoms with Gasteiger partial charge in [-0.25, -0.2) is 13.6 Å². The van der Waals surface area contributed by atoms with E-state index in [2.05, 4.69) is 21.2 Å². The molecule has 0 bridgehead atoms. The molecule has 9 heteroatoms. The van der Waals surface area contributed by atoms with Gasteiger partial charge in [0.05, 0.1) is 10.6 Å². The summed E-state index contributed by atoms with van der Waals surface area (Å²) in [7, 11) is -3.91. The number of halogens is 1. The van der Waals surface area contributed by atoms with E-state index in [0.29, 0.717) is 36.3 Å². The molecule has 1 unspecified atom stereocenters. The Bertz CT molecular complexity index is 1040. The summed E-state index contributed by atoms with van der Waals surface area (Å²) in [5.41, 5.74) is 1.57. The van der Waals surface area contributed by atoms with Crippen molar-refractivity contribution in [2.75, 3.05) is 16.8 Å². The Morgan fingerprint density at radius 1 is 1.29 bits per heavy atom. The third-order valence-electron chi connectivity index (χ3n) is 4.69. The number of rotatable bonds is 5. The molecule has 1 aliphatic heterocycles. The van der Waals surface area contributed by atoms with Crippen LogP contribution in [0.25, 0.3) is 0 Å². The Hall–Kier alpha value is -2.23. The molecule has 2 amide bonds. The van der Waals surface area contributed by atoms with Crippen LogP contribution in [0.15, 0.2) is 51.8 Å². The molecule has 0 spiro atoms. The van der Waals surface area contributed by atoms with Gasteiger partial charge in [-0.1, -0.05) is 25.1 Å². The third-order valence-corrected chi connectivity index (χ3v) is 6.35. The molecule has 148 valence electrons. The Morgan fingerprint density at radius 3 is 2.64 bits per heavy atom. The molecule has 3 N–H and O–H groups in total. The second-order valence-electron chi connectivity index (χ2n) is 6.49. The fourth-order valence-corrected chi connectivity index (χ4v) is 4.62. The number of carbonyl (C=O) groups excluding carboxylic acids is 2. The fraction of sp³-hybridized carbons (Fsp3) is 0.263. The number of anilines is 2. The molecule has 1 aliphatic rings. The van der Waals surface area contributed by atoms with Crippen LogP contribution in [0.1, 0.15) is 18.9 Å². The number of amides is 2. The minimum atomic E-state index is -3.91. The van der Waals surface area contributed by atoms with Gasteiger partial charge >= 0.3 is 0 Å². The summed E-state index contributed by atoms with van der Waals surface area (Å²) in [6, 6.07) is 11.9. The highest BCUT2D eigenvalue weighted by molar-refractivity contribution is 9.10. The zero-order valence-corrected chi connectivity index (χ0v) is 17.6. The molecule has 1 fully saturated rings. The predicted molar refractivity (Wildman–Crippen MR) is 110 cm³/mol. The van der Waals surface area contributed by atoms with Crippen molar-refractivity contribution in [3.63, 3.8) is 0 Å². The number of nitrogens with zero attached hydrogens (tertiary/aromatic N) is 1. The second-order valence-corrected chi connectivity index (χ2v) is 8.88. The van der Waals surface area contributed by atoms with Crippen LogP contribution in [-0.2, 0) is 26.0 Å². The van der Waals surface area contributed by atoms with E-state index < -0.39 is 21.8 Å². The number of nitrogens with two attached hydrogens (primary N) is 1. The number of sulfonamides is 1. The van der Waals surface area contributed by atoms with E-state index >= 15 is 0 Å². The van der Waals surface area contributed by atoms with Crippen molar-refractivity contribution in [2.45, 2.75) is 24.7 Å². The summed E-state index contributed by atoms with van der Waals surface area (Å²) in [5, 5.41) is 7.91. The summed E-state index contributed by atoms with van der Waals surface area (Å²) in [5.74, 6) is -1.60. The Morgan fingerprint density at radius 2 is 2.00 bits per heavy atom. The van der Waals surface area contributed by atoms with E-state index in [-0.39, 0.29) is 10.8 Å². The fourth-order valence-electron chi connectivity index (χ4n) is 3.25. The molecule has 1 atom stereocenters. The Labute approximate surface area is 172 Å². The number of nitrogens with one attached hydrogen (secondary N) is 1. The standard InChI is InChI=1S/C19H20BrN3O4S/c1-2-12-7-8-13(11-17(12)28(21,26)27)22-18(24)14-9-10-23(19(14)25)16-6-4-3-5-15(16)20/h3-8,11,14H,2,9-10H2,1H3,(H,22,24)(H2,21,26,27). The number of aryl methyl sites for hydroxylation is 1. The normalized spacial score (nSPS) is 17.0. The highest BCUT2D eigenvalue weighted by Crippen LogP contribution is 2.32. The minimum absolute atomic E-state index is 0.0274. The lowest BCUT2D eigenvalue weighted by atomic mass is 10.1. The topological polar surface area (TPSA) is 110 Å². The molecule has 1 heterocycles. The van der Waals surface area contributed by atoms with Crippen LogP contribution in [0, 0.1) is 5.92 Å². The van der Waals surface area contributed by atoms with Crippen LogP contribution in [0.4, 0.5) is 11.4 Å². The zero-order chi connectivity index (χ0) is 20.5. The van der Waals surface area contributed by atoms with Gasteiger partial charge in [0.15, 0.2) is 0 Å². The maximum atomic E-state index is 12.7. The summed E-state index contributed by atoms with van der Waals surface area (Å²) in [4.78, 5) is 26.9. The molecule has 28 heavy (non-hydrogen) atoms. The number of para-hydroxylation sites is 1. The lowest BCUT2D eigenvalue weighted by Crippen LogP contribution is -2.33. The van der Waals surface area contributed by atoms with Crippen LogP contribution in [0.3, 0.4) is 0 Å². The number of hydrogen-bond donors (Lipinski definition) is 2. The molecule has 0 aliphatic carbocycles. The molecule has 0 aromatic heterocycles. The monoisotopic (exact) mass is 465 g/mol. The zero-order valence-electron chi connectivity index (χ0n) is 15.2. The van der Waals surface area contributed by atoms with E-state index in [9.17, 15) is 18.0 Å². The van der Waals surface area contributed by atoms with Gasteiger partial charge in [0, 0.05) is 16.7 Å². The van der Waals surface area contributed by atoms with Crippen LogP contribution in [-0.4, -0.2) is 26.8 Å². The van der Waals surface area contributed by atoms with Gasteiger partial charge in [-0.2, -0.15) is 0 Å². The highest BCUT2D eigenvalue weighted by atomic mass is 79.9. The maximum Gasteiger partial charge on any atom is 0.239 e. The number of benzene rings is 2. The van der Waals surface area contributed by atoms with Crippen molar-refractivity contribution in [3.8, 4) is 0 Å². The quantitative estimate of drug-likeness (QED) is 0.661. The molecule has 3 rings (SSSR count). The first kappa shape index (κ1) is 20.5. The molecule has 2 aromatic carbocycles. The Kier molecular flexibility index (Phi) is 5.87. The van der Waals surface area contributed by atoms with Crippen molar-refractivity contribution < 1.29 is 18.0 Å². The van der Waals surface area contributed by atoms with Crippen LogP contribution < -0.4 is 15.4 Å². The third kappa shape index (κ3) is 4.11. The summed E-state index contributed by atoms with van der Waals surface area (Å²) in [6.45, 7) is 2.24. The molecular weight excluding hydrogens is 446 g/mol. The summed E-state index contributed by atoms with van der Waals surface area (Å²) >= 11 is 3.42. The van der Waals surface area contributed by atoms with Crippen molar-refractivity contribution in [2.24, 2.45) is 11.1 Å². The Balaban J connectivity index is 1.79. The first-order chi connectivity index (χ1) is 13.2. The van der Waals surface area contributed by atoms with Crippen LogP contribution in [0.5, 0.6) is 0 Å². The van der Waals surface area contributed by atoms with E-state index in [4.69, 9.17) is 5.14 Å². The minimum Gasteiger partial charge on any atom is -0.325 e. The van der Waals surface area contributed by atoms with E-state index in [1.807, 2.05) is 31.2 Å². The molecule has 7 nitrogen and oxygen atoms in total.